The summed E-state index contributed by atoms with van der Waals surface area (Å²) in [6.07, 6.45) is 1.91. The van der Waals surface area contributed by atoms with Crippen LogP contribution in [0.25, 0.3) is 0 Å². The number of hydrogen-bond donors (Lipinski definition) is 2. The fourth-order valence-corrected chi connectivity index (χ4v) is 7.67. The first kappa shape index (κ1) is 22.7. The van der Waals surface area contributed by atoms with E-state index in [1.807, 2.05) is 56.9 Å². The fourth-order valence-electron chi connectivity index (χ4n) is 4.62. The van der Waals surface area contributed by atoms with Gasteiger partial charge in [-0.2, -0.15) is 0 Å². The van der Waals surface area contributed by atoms with Gasteiger partial charge < -0.3 is 10.6 Å². The third-order valence-electron chi connectivity index (χ3n) is 6.47. The summed E-state index contributed by atoms with van der Waals surface area (Å²) in [6, 6.07) is 16.0. The first-order valence-electron chi connectivity index (χ1n) is 11.1. The Morgan fingerprint density at radius 3 is 2.27 bits per heavy atom. The van der Waals surface area contributed by atoms with Crippen LogP contribution in [-0.2, 0) is 16.5 Å². The van der Waals surface area contributed by atoms with Gasteiger partial charge in [-0.05, 0) is 48.1 Å². The minimum atomic E-state index is -2.56. The number of hydrogen-bond acceptors (Lipinski definition) is 3. The molecule has 1 amide bonds. The molecule has 164 valence electrons. The Bertz CT molecular complexity index is 918. The molecular weight excluding hydrogens is 392 g/mol. The standard InChI is InChI=1S/C25H36N2O2S/c1-18(2)30(29,19(3)4)24-10-6-9-23(16-24)25(28)27-13-11-21(12-14-27)22-8-5-7-20(15-22)17-26/h5-10,15-16,18-19,21,30H,11-14,17,26H2,1-4H3. The molecule has 5 heteroatoms. The molecule has 1 aliphatic heterocycles. The summed E-state index contributed by atoms with van der Waals surface area (Å²) in [6.45, 7) is 10.1. The average molecular weight is 429 g/mol. The summed E-state index contributed by atoms with van der Waals surface area (Å²) in [4.78, 5) is 16.0. The summed E-state index contributed by atoms with van der Waals surface area (Å²) in [5.74, 6) is 0.513. The van der Waals surface area contributed by atoms with Crippen LogP contribution in [-0.4, -0.2) is 38.6 Å². The summed E-state index contributed by atoms with van der Waals surface area (Å²) in [7, 11) is -2.56. The number of nitrogens with zero attached hydrogens (tertiary/aromatic N) is 1. The van der Waals surface area contributed by atoms with Crippen LogP contribution < -0.4 is 5.73 Å². The molecule has 1 aliphatic rings. The second-order valence-corrected chi connectivity index (χ2v) is 13.0. The van der Waals surface area contributed by atoms with Crippen molar-refractivity contribution in [3.63, 3.8) is 0 Å². The molecule has 0 saturated carbocycles. The fraction of sp³-hybridized carbons (Fsp3) is 0.480. The van der Waals surface area contributed by atoms with Crippen LogP contribution in [0, 0.1) is 0 Å². The highest BCUT2D eigenvalue weighted by Crippen LogP contribution is 2.32. The molecule has 0 radical (unpaired) electrons. The minimum Gasteiger partial charge on any atom is -0.339 e. The molecule has 3 rings (SSSR count). The van der Waals surface area contributed by atoms with E-state index >= 15 is 0 Å². The Hall–Kier alpha value is -1.98. The van der Waals surface area contributed by atoms with Gasteiger partial charge in [-0.15, -0.1) is 0 Å². The van der Waals surface area contributed by atoms with E-state index in [0.29, 0.717) is 18.0 Å². The maximum absolute atomic E-state index is 13.7. The Kier molecular flexibility index (Phi) is 7.14. The molecule has 1 fully saturated rings. The number of benzene rings is 2. The highest BCUT2D eigenvalue weighted by molar-refractivity contribution is 8.04. The number of piperidine rings is 1. The molecule has 2 N–H and O–H groups in total. The molecule has 1 saturated heterocycles. The van der Waals surface area contributed by atoms with Crippen LogP contribution in [0.4, 0.5) is 0 Å². The minimum absolute atomic E-state index is 0.0464. The van der Waals surface area contributed by atoms with E-state index in [2.05, 4.69) is 24.3 Å². The molecule has 4 nitrogen and oxygen atoms in total. The van der Waals surface area contributed by atoms with Gasteiger partial charge in [-0.1, -0.05) is 68.0 Å². The van der Waals surface area contributed by atoms with Crippen LogP contribution >= 0.6 is 0 Å². The zero-order valence-corrected chi connectivity index (χ0v) is 19.6. The molecule has 30 heavy (non-hydrogen) atoms. The van der Waals surface area contributed by atoms with Crippen molar-refractivity contribution in [3.8, 4) is 0 Å². The zero-order valence-electron chi connectivity index (χ0n) is 18.7. The van der Waals surface area contributed by atoms with Gasteiger partial charge in [-0.3, -0.25) is 9.00 Å². The number of amides is 1. The van der Waals surface area contributed by atoms with Crippen molar-refractivity contribution in [2.45, 2.75) is 68.4 Å². The molecule has 0 aromatic heterocycles. The first-order valence-corrected chi connectivity index (χ1v) is 12.9. The van der Waals surface area contributed by atoms with Crippen molar-refractivity contribution in [3.05, 3.63) is 65.2 Å². The van der Waals surface area contributed by atoms with Gasteiger partial charge in [-0.25, -0.2) is 0 Å². The molecule has 0 atom stereocenters. The van der Waals surface area contributed by atoms with E-state index < -0.39 is 9.93 Å². The monoisotopic (exact) mass is 428 g/mol. The van der Waals surface area contributed by atoms with Crippen LogP contribution in [0.2, 0.25) is 0 Å². The molecule has 2 aromatic carbocycles. The van der Waals surface area contributed by atoms with Crippen LogP contribution in [0.15, 0.2) is 53.4 Å². The Morgan fingerprint density at radius 1 is 1.03 bits per heavy atom. The summed E-state index contributed by atoms with van der Waals surface area (Å²) >= 11 is 0. The lowest BCUT2D eigenvalue weighted by atomic mass is 9.88. The van der Waals surface area contributed by atoms with Gasteiger partial charge >= 0.3 is 0 Å². The van der Waals surface area contributed by atoms with E-state index in [-0.39, 0.29) is 16.4 Å². The SMILES string of the molecule is CC(C)[SH](=O)(c1cccc(C(=O)N2CCC(c3cccc(CN)c3)CC2)c1)C(C)C. The Balaban J connectivity index is 1.73. The van der Waals surface area contributed by atoms with Gasteiger partial charge in [0.1, 0.15) is 0 Å². The van der Waals surface area contributed by atoms with Gasteiger partial charge in [0.15, 0.2) is 0 Å². The lowest BCUT2D eigenvalue weighted by Gasteiger charge is -2.34. The van der Waals surface area contributed by atoms with E-state index in [4.69, 9.17) is 5.73 Å². The highest BCUT2D eigenvalue weighted by Gasteiger charge is 2.29. The number of carbonyl (C=O) groups excluding carboxylic acids is 1. The largest absolute Gasteiger partial charge is 0.339 e. The van der Waals surface area contributed by atoms with Gasteiger partial charge in [0, 0.05) is 40.6 Å². The van der Waals surface area contributed by atoms with E-state index in [0.717, 1.165) is 36.4 Å². The quantitative estimate of drug-likeness (QED) is 0.672. The van der Waals surface area contributed by atoms with Crippen molar-refractivity contribution < 1.29 is 9.00 Å². The molecule has 0 bridgehead atoms. The van der Waals surface area contributed by atoms with E-state index in [1.165, 1.54) is 5.56 Å². The molecule has 0 spiro atoms. The molecular formula is C25H36N2O2S. The normalized spacial score (nSPS) is 16.3. The molecule has 0 aliphatic carbocycles. The second kappa shape index (κ2) is 9.44. The predicted octanol–water partition coefficient (Wildman–Crippen LogP) is 4.36. The second-order valence-electron chi connectivity index (χ2n) is 8.96. The topological polar surface area (TPSA) is 63.4 Å². The van der Waals surface area contributed by atoms with Gasteiger partial charge in [0.25, 0.3) is 5.91 Å². The summed E-state index contributed by atoms with van der Waals surface area (Å²) in [5, 5.41) is 0.116. The van der Waals surface area contributed by atoms with E-state index in [1.54, 1.807) is 0 Å². The maximum Gasteiger partial charge on any atom is 0.253 e. The third kappa shape index (κ3) is 4.52. The average Bonchev–Trinajstić information content (AvgIpc) is 2.78. The number of carbonyl (C=O) groups is 1. The first-order chi connectivity index (χ1) is 14.3. The van der Waals surface area contributed by atoms with Crippen molar-refractivity contribution in [2.24, 2.45) is 5.73 Å². The van der Waals surface area contributed by atoms with Crippen molar-refractivity contribution in [1.29, 1.82) is 0 Å². The van der Waals surface area contributed by atoms with Crippen LogP contribution in [0.3, 0.4) is 0 Å². The maximum atomic E-state index is 13.7. The number of nitrogens with two attached hydrogens (primary N) is 1. The van der Waals surface area contributed by atoms with Crippen molar-refractivity contribution in [2.75, 3.05) is 13.1 Å². The number of likely N-dealkylation sites (tertiary alicyclic amines) is 1. The van der Waals surface area contributed by atoms with Crippen molar-refractivity contribution >= 4 is 15.8 Å². The summed E-state index contributed by atoms with van der Waals surface area (Å²) < 4.78 is 13.7. The smallest absolute Gasteiger partial charge is 0.253 e. The lowest BCUT2D eigenvalue weighted by molar-refractivity contribution is 0.0712. The molecule has 1 heterocycles. The summed E-state index contributed by atoms with van der Waals surface area (Å²) in [5.41, 5.74) is 8.91. The predicted molar refractivity (Wildman–Crippen MR) is 127 cm³/mol. The zero-order chi connectivity index (χ0) is 21.9. The van der Waals surface area contributed by atoms with Crippen LogP contribution in [0.5, 0.6) is 0 Å². The van der Waals surface area contributed by atoms with Gasteiger partial charge in [0.2, 0.25) is 0 Å². The van der Waals surface area contributed by atoms with Gasteiger partial charge in [0.05, 0.1) is 0 Å². The number of rotatable bonds is 6. The third-order valence-corrected chi connectivity index (χ3v) is 10.6. The lowest BCUT2D eigenvalue weighted by Crippen LogP contribution is -2.38. The highest BCUT2D eigenvalue weighted by atomic mass is 32.2. The molecule has 0 unspecified atom stereocenters. The number of thiol groups is 1. The molecule has 2 aromatic rings. The van der Waals surface area contributed by atoms with Crippen molar-refractivity contribution in [1.82, 2.24) is 4.90 Å². The Labute approximate surface area is 182 Å². The Morgan fingerprint density at radius 2 is 1.67 bits per heavy atom. The van der Waals surface area contributed by atoms with Crippen LogP contribution in [0.1, 0.15) is 67.9 Å². The van der Waals surface area contributed by atoms with E-state index in [9.17, 15) is 9.00 Å².